The van der Waals surface area contributed by atoms with Crippen LogP contribution in [0.15, 0.2) is 83.0 Å². The molecule has 63 heavy (non-hydrogen) atoms. The zero-order valence-corrected chi connectivity index (χ0v) is 37.1. The summed E-state index contributed by atoms with van der Waals surface area (Å²) in [5, 5.41) is 11.9. The maximum Gasteiger partial charge on any atom is 0.262 e. The van der Waals surface area contributed by atoms with Crippen LogP contribution in [0.5, 0.6) is 11.5 Å². The van der Waals surface area contributed by atoms with E-state index < -0.39 is 12.1 Å². The molecule has 6 aliphatic rings. The number of ether oxygens (including phenoxy) is 2. The number of hydrogen-bond donors (Lipinski definition) is 3. The van der Waals surface area contributed by atoms with Crippen LogP contribution >= 0.6 is 12.4 Å². The molecule has 6 heterocycles. The molecule has 0 radical (unpaired) electrons. The zero-order chi connectivity index (χ0) is 43.4. The number of rotatable bonds is 4. The third kappa shape index (κ3) is 8.12. The molecule has 0 unspecified atom stereocenters. The van der Waals surface area contributed by atoms with Crippen molar-refractivity contribution in [3.05, 3.63) is 84.4 Å². The van der Waals surface area contributed by atoms with Crippen molar-refractivity contribution in [2.75, 3.05) is 52.4 Å². The minimum absolute atomic E-state index is 0. The Hall–Kier alpha value is -5.93. The van der Waals surface area contributed by atoms with E-state index in [0.29, 0.717) is 52.3 Å². The van der Waals surface area contributed by atoms with Crippen molar-refractivity contribution in [2.24, 2.45) is 16.1 Å². The first-order valence-electron chi connectivity index (χ1n) is 21.6. The van der Waals surface area contributed by atoms with E-state index >= 15 is 0 Å². The van der Waals surface area contributed by atoms with E-state index in [1.54, 1.807) is 18.2 Å². The molecule has 0 aliphatic carbocycles. The molecule has 13 nitrogen and oxygen atoms in total. The lowest BCUT2D eigenvalue weighted by Gasteiger charge is -2.42. The Labute approximate surface area is 372 Å². The Morgan fingerprint density at radius 3 is 1.57 bits per heavy atom. The van der Waals surface area contributed by atoms with Crippen molar-refractivity contribution in [2.45, 2.75) is 84.6 Å². The summed E-state index contributed by atoms with van der Waals surface area (Å²) in [6.45, 7) is 15.5. The predicted molar refractivity (Wildman–Crippen MR) is 246 cm³/mol. The predicted octanol–water partition coefficient (Wildman–Crippen LogP) is 7.28. The van der Waals surface area contributed by atoms with E-state index in [0.717, 1.165) is 59.9 Å². The number of fused-ring (bicyclic) bond motifs is 6. The van der Waals surface area contributed by atoms with Gasteiger partial charge in [0.2, 0.25) is 0 Å². The minimum atomic E-state index is -0.415. The summed E-state index contributed by atoms with van der Waals surface area (Å²) < 4.78 is 41.7. The van der Waals surface area contributed by atoms with Crippen LogP contribution in [-0.4, -0.2) is 86.5 Å². The molecule has 16 heteroatoms. The van der Waals surface area contributed by atoms with E-state index in [-0.39, 0.29) is 55.1 Å². The Bertz CT molecular complexity index is 2320. The van der Waals surface area contributed by atoms with Gasteiger partial charge in [0.25, 0.3) is 11.8 Å². The molecular weight excluding hydrogens is 828 g/mol. The second-order valence-electron chi connectivity index (χ2n) is 17.3. The molecule has 3 N–H and O–H groups in total. The molecule has 332 valence electrons. The minimum Gasteiger partial charge on any atom is -0.483 e. The van der Waals surface area contributed by atoms with Gasteiger partial charge in [0.05, 0.1) is 11.4 Å². The number of nitrogens with one attached hydrogen (secondary N) is 3. The SMILES string of the molecule is C[C@@H]1CC[C@@H](C)N(c2cc3c(cc2-c2ccccc2F)OCC2=NNC(=O)[C@@H](C)N23)C1.C[C@@H]1CN[C@@H](C)CN1c1cc2c(cc1-c1ccccc1F)OCC1=NNC(=O)[C@@H](C)N12.Cl. The van der Waals surface area contributed by atoms with E-state index in [1.165, 1.54) is 18.6 Å². The topological polar surface area (TPSA) is 126 Å². The van der Waals surface area contributed by atoms with Crippen molar-refractivity contribution in [1.29, 1.82) is 0 Å². The standard InChI is InChI=1S/C24H27FN4O2.C23H26FN5O2.ClH/c1-14-8-9-15(2)28(12-14)20-11-21-22(10-18(20)17-6-4-5-7-19(17)25)31-13-23-26-27-24(30)16(3)29(21)23;1-13-11-28(14(2)10-25-13)19-9-20-21(8-17(19)16-6-4-5-7-18(16)24)31-12-22-26-27-23(30)15(3)29(20)22;/h4-7,10-11,14-16H,8-9,12-13H2,1-3H3,(H,27,30);4-9,13-15,25H,10-12H2,1-3H3,(H,27,30);1H/t14-,15-,16-;13-,14+,15+;/m10./s1. The molecule has 0 bridgehead atoms. The number of amidine groups is 2. The summed E-state index contributed by atoms with van der Waals surface area (Å²) in [5.41, 5.74) is 11.3. The van der Waals surface area contributed by atoms with Gasteiger partial charge in [-0.15, -0.1) is 12.4 Å². The van der Waals surface area contributed by atoms with Gasteiger partial charge in [0, 0.05) is 71.4 Å². The second kappa shape index (κ2) is 17.7. The number of carbonyl (C=O) groups is 2. The van der Waals surface area contributed by atoms with Crippen LogP contribution in [0.25, 0.3) is 22.3 Å². The summed E-state index contributed by atoms with van der Waals surface area (Å²) in [5.74, 6) is 2.28. The van der Waals surface area contributed by atoms with E-state index in [4.69, 9.17) is 9.47 Å². The highest BCUT2D eigenvalue weighted by atomic mass is 35.5. The Balaban J connectivity index is 0.000000170. The van der Waals surface area contributed by atoms with Gasteiger partial charge in [0.1, 0.15) is 48.4 Å². The van der Waals surface area contributed by atoms with Gasteiger partial charge in [-0.25, -0.2) is 19.6 Å². The van der Waals surface area contributed by atoms with E-state index in [1.807, 2.05) is 60.0 Å². The number of hydrazone groups is 2. The lowest BCUT2D eigenvalue weighted by Crippen LogP contribution is -2.56. The summed E-state index contributed by atoms with van der Waals surface area (Å²) in [7, 11) is 0. The summed E-state index contributed by atoms with van der Waals surface area (Å²) >= 11 is 0. The Morgan fingerprint density at radius 2 is 1.08 bits per heavy atom. The highest BCUT2D eigenvalue weighted by Gasteiger charge is 2.39. The van der Waals surface area contributed by atoms with E-state index in [9.17, 15) is 18.4 Å². The van der Waals surface area contributed by atoms with Gasteiger partial charge < -0.3 is 34.4 Å². The van der Waals surface area contributed by atoms with Crippen LogP contribution in [0, 0.1) is 17.6 Å². The van der Waals surface area contributed by atoms with Gasteiger partial charge in [-0.1, -0.05) is 43.3 Å². The molecule has 6 atom stereocenters. The maximum atomic E-state index is 14.9. The maximum absolute atomic E-state index is 14.9. The molecule has 10 rings (SSSR count). The van der Waals surface area contributed by atoms with Gasteiger partial charge in [0.15, 0.2) is 11.7 Å². The van der Waals surface area contributed by atoms with Crippen molar-refractivity contribution in [3.8, 4) is 33.8 Å². The number of amides is 2. The first-order valence-corrected chi connectivity index (χ1v) is 21.6. The van der Waals surface area contributed by atoms with Gasteiger partial charge in [-0.2, -0.15) is 10.2 Å². The number of carbonyl (C=O) groups excluding carboxylic acids is 2. The third-order valence-corrected chi connectivity index (χ3v) is 12.9. The quantitative estimate of drug-likeness (QED) is 0.194. The van der Waals surface area contributed by atoms with Crippen molar-refractivity contribution in [1.82, 2.24) is 16.2 Å². The average Bonchev–Trinajstić information content (AvgIpc) is 3.27. The number of anilines is 4. The molecule has 0 saturated carbocycles. The first-order chi connectivity index (χ1) is 29.9. The highest BCUT2D eigenvalue weighted by molar-refractivity contribution is 6.11. The molecule has 2 amide bonds. The number of halogens is 3. The Morgan fingerprint density at radius 1 is 0.603 bits per heavy atom. The number of piperidine rings is 1. The lowest BCUT2D eigenvalue weighted by molar-refractivity contribution is -0.123. The number of nitrogens with zero attached hydrogens (tertiary/aromatic N) is 6. The van der Waals surface area contributed by atoms with Gasteiger partial charge in [-0.3, -0.25) is 9.59 Å². The lowest BCUT2D eigenvalue weighted by atomic mass is 9.92. The summed E-state index contributed by atoms with van der Waals surface area (Å²) in [4.78, 5) is 33.2. The van der Waals surface area contributed by atoms with E-state index in [2.05, 4.69) is 69.9 Å². The normalized spacial score (nSPS) is 24.8. The summed E-state index contributed by atoms with van der Waals surface area (Å²) in [6.07, 6.45) is 2.27. The molecule has 6 aliphatic heterocycles. The second-order valence-corrected chi connectivity index (χ2v) is 17.3. The van der Waals surface area contributed by atoms with Crippen molar-refractivity contribution in [3.63, 3.8) is 0 Å². The van der Waals surface area contributed by atoms with Gasteiger partial charge >= 0.3 is 0 Å². The van der Waals surface area contributed by atoms with Crippen LogP contribution in [0.2, 0.25) is 0 Å². The molecule has 4 aromatic carbocycles. The number of piperazine rings is 1. The van der Waals surface area contributed by atoms with Crippen molar-refractivity contribution >= 4 is 58.6 Å². The van der Waals surface area contributed by atoms with Gasteiger partial charge in [-0.05, 0) is 89.8 Å². The molecule has 2 fully saturated rings. The van der Waals surface area contributed by atoms with Crippen LogP contribution in [0.4, 0.5) is 31.5 Å². The molecule has 4 aromatic rings. The molecular formula is C47H54ClF2N9O4. The van der Waals surface area contributed by atoms with Crippen LogP contribution in [-0.2, 0) is 9.59 Å². The summed E-state index contributed by atoms with van der Waals surface area (Å²) in [6, 6.07) is 21.6. The molecule has 2 saturated heterocycles. The number of benzene rings is 4. The monoisotopic (exact) mass is 881 g/mol. The first kappa shape index (κ1) is 43.7. The zero-order valence-electron chi connectivity index (χ0n) is 36.3. The highest BCUT2D eigenvalue weighted by Crippen LogP contribution is 2.47. The molecule has 0 aromatic heterocycles. The third-order valence-electron chi connectivity index (χ3n) is 12.9. The largest absolute Gasteiger partial charge is 0.483 e. The fraction of sp³-hybridized carbons (Fsp3) is 0.404. The average molecular weight is 882 g/mol. The number of hydrogen-bond acceptors (Lipinski definition) is 11. The Kier molecular flexibility index (Phi) is 12.3. The van der Waals surface area contributed by atoms with Crippen LogP contribution in [0.1, 0.15) is 54.4 Å². The van der Waals surface area contributed by atoms with Crippen LogP contribution in [0.3, 0.4) is 0 Å². The fourth-order valence-corrected chi connectivity index (χ4v) is 9.37. The van der Waals surface area contributed by atoms with Crippen molar-refractivity contribution < 1.29 is 27.8 Å². The smallest absolute Gasteiger partial charge is 0.262 e. The fourth-order valence-electron chi connectivity index (χ4n) is 9.37. The van der Waals surface area contributed by atoms with Crippen LogP contribution < -0.4 is 45.2 Å². The molecule has 0 spiro atoms.